The van der Waals surface area contributed by atoms with Gasteiger partial charge in [0.15, 0.2) is 11.5 Å². The van der Waals surface area contributed by atoms with E-state index in [2.05, 4.69) is 60.8 Å². The molecule has 3 heteroatoms. The first-order valence-electron chi connectivity index (χ1n) is 8.15. The summed E-state index contributed by atoms with van der Waals surface area (Å²) < 4.78 is 10.7. The first-order chi connectivity index (χ1) is 11.7. The van der Waals surface area contributed by atoms with Crippen LogP contribution in [0.3, 0.4) is 0 Å². The Morgan fingerprint density at radius 1 is 0.875 bits per heavy atom. The molecule has 0 fully saturated rings. The zero-order valence-corrected chi connectivity index (χ0v) is 14.4. The van der Waals surface area contributed by atoms with Crippen molar-refractivity contribution in [3.63, 3.8) is 0 Å². The van der Waals surface area contributed by atoms with Gasteiger partial charge in [-0.25, -0.2) is 0 Å². The minimum Gasteiger partial charge on any atom is -0.493 e. The summed E-state index contributed by atoms with van der Waals surface area (Å²) in [6.07, 6.45) is 0. The molecule has 0 saturated heterocycles. The van der Waals surface area contributed by atoms with Crippen LogP contribution >= 0.6 is 0 Å². The highest BCUT2D eigenvalue weighted by atomic mass is 16.5. The summed E-state index contributed by atoms with van der Waals surface area (Å²) in [5.74, 6) is 1.51. The molecule has 0 amide bonds. The highest BCUT2D eigenvalue weighted by Crippen LogP contribution is 2.28. The van der Waals surface area contributed by atoms with Gasteiger partial charge >= 0.3 is 0 Å². The second-order valence-electron chi connectivity index (χ2n) is 5.86. The van der Waals surface area contributed by atoms with E-state index in [0.717, 1.165) is 18.0 Å². The predicted octanol–water partition coefficient (Wildman–Crippen LogP) is 4.71. The van der Waals surface area contributed by atoms with E-state index in [0.29, 0.717) is 0 Å². The standard InChI is InChI=1S/C21H23NO2/c1-15(18-10-6-8-17-7-4-5-9-19(17)18)22-14-16-11-12-20(23-2)21(13-16)24-3/h4-13,15,22H,14H2,1-3H3/t15-/m1/s1. The fraction of sp³-hybridized carbons (Fsp3) is 0.238. The molecule has 0 saturated carbocycles. The van der Waals surface area contributed by atoms with Gasteiger partial charge in [0.1, 0.15) is 0 Å². The van der Waals surface area contributed by atoms with Crippen LogP contribution in [0.2, 0.25) is 0 Å². The normalized spacial score (nSPS) is 12.1. The molecule has 0 aromatic heterocycles. The van der Waals surface area contributed by atoms with E-state index in [1.165, 1.54) is 21.9 Å². The number of rotatable bonds is 6. The summed E-state index contributed by atoms with van der Waals surface area (Å²) in [5, 5.41) is 6.17. The first kappa shape index (κ1) is 16.3. The zero-order valence-electron chi connectivity index (χ0n) is 14.4. The Bertz CT molecular complexity index is 824. The van der Waals surface area contributed by atoms with Crippen LogP contribution in [0.25, 0.3) is 10.8 Å². The third kappa shape index (κ3) is 3.36. The molecule has 3 aromatic rings. The van der Waals surface area contributed by atoms with E-state index in [1.54, 1.807) is 14.2 Å². The molecule has 0 spiro atoms. The van der Waals surface area contributed by atoms with E-state index in [-0.39, 0.29) is 6.04 Å². The van der Waals surface area contributed by atoms with Crippen LogP contribution in [0.4, 0.5) is 0 Å². The van der Waals surface area contributed by atoms with Crippen LogP contribution in [0.15, 0.2) is 60.7 Å². The Kier molecular flexibility index (Phi) is 5.02. The third-order valence-corrected chi connectivity index (χ3v) is 4.35. The molecular formula is C21H23NO2. The Hall–Kier alpha value is -2.52. The molecule has 0 bridgehead atoms. The predicted molar refractivity (Wildman–Crippen MR) is 98.7 cm³/mol. The monoisotopic (exact) mass is 321 g/mol. The highest BCUT2D eigenvalue weighted by Gasteiger charge is 2.10. The van der Waals surface area contributed by atoms with Crippen LogP contribution in [0, 0.1) is 0 Å². The van der Waals surface area contributed by atoms with E-state index in [4.69, 9.17) is 9.47 Å². The van der Waals surface area contributed by atoms with Crippen molar-refractivity contribution in [2.45, 2.75) is 19.5 Å². The van der Waals surface area contributed by atoms with Crippen LogP contribution in [0.1, 0.15) is 24.1 Å². The molecule has 0 aliphatic heterocycles. The molecule has 0 unspecified atom stereocenters. The molecule has 0 aliphatic rings. The maximum Gasteiger partial charge on any atom is 0.161 e. The summed E-state index contributed by atoms with van der Waals surface area (Å²) in [4.78, 5) is 0. The smallest absolute Gasteiger partial charge is 0.161 e. The average molecular weight is 321 g/mol. The van der Waals surface area contributed by atoms with Gasteiger partial charge in [-0.15, -0.1) is 0 Å². The SMILES string of the molecule is COc1ccc(CN[C@H](C)c2cccc3ccccc23)cc1OC. The molecule has 3 nitrogen and oxygen atoms in total. The van der Waals surface area contributed by atoms with Crippen molar-refractivity contribution in [3.05, 3.63) is 71.8 Å². The fourth-order valence-corrected chi connectivity index (χ4v) is 3.00. The van der Waals surface area contributed by atoms with E-state index >= 15 is 0 Å². The molecule has 0 radical (unpaired) electrons. The third-order valence-electron chi connectivity index (χ3n) is 4.35. The van der Waals surface area contributed by atoms with Crippen LogP contribution in [-0.4, -0.2) is 14.2 Å². The quantitative estimate of drug-likeness (QED) is 0.713. The molecule has 1 N–H and O–H groups in total. The number of benzene rings is 3. The van der Waals surface area contributed by atoms with Gasteiger partial charge < -0.3 is 14.8 Å². The van der Waals surface area contributed by atoms with Crippen molar-refractivity contribution in [1.82, 2.24) is 5.32 Å². The van der Waals surface area contributed by atoms with E-state index in [1.807, 2.05) is 12.1 Å². The number of hydrogen-bond acceptors (Lipinski definition) is 3. The summed E-state index contributed by atoms with van der Waals surface area (Å²) in [5.41, 5.74) is 2.48. The molecule has 3 aromatic carbocycles. The van der Waals surface area contributed by atoms with Crippen molar-refractivity contribution in [3.8, 4) is 11.5 Å². The second-order valence-corrected chi connectivity index (χ2v) is 5.86. The fourth-order valence-electron chi connectivity index (χ4n) is 3.00. The Morgan fingerprint density at radius 3 is 2.42 bits per heavy atom. The van der Waals surface area contributed by atoms with Crippen molar-refractivity contribution in [2.75, 3.05) is 14.2 Å². The average Bonchev–Trinajstić information content (AvgIpc) is 2.65. The highest BCUT2D eigenvalue weighted by molar-refractivity contribution is 5.86. The zero-order chi connectivity index (χ0) is 16.9. The summed E-state index contributed by atoms with van der Waals surface area (Å²) in [6.45, 7) is 2.97. The number of nitrogens with one attached hydrogen (secondary N) is 1. The molecule has 0 heterocycles. The lowest BCUT2D eigenvalue weighted by Crippen LogP contribution is -2.18. The maximum absolute atomic E-state index is 5.37. The lowest BCUT2D eigenvalue weighted by Gasteiger charge is -2.17. The van der Waals surface area contributed by atoms with Gasteiger partial charge in [0.2, 0.25) is 0 Å². The van der Waals surface area contributed by atoms with Crippen LogP contribution in [0.5, 0.6) is 11.5 Å². The topological polar surface area (TPSA) is 30.5 Å². The maximum atomic E-state index is 5.37. The summed E-state index contributed by atoms with van der Waals surface area (Å²) in [6, 6.07) is 21.2. The number of fused-ring (bicyclic) bond motifs is 1. The summed E-state index contributed by atoms with van der Waals surface area (Å²) in [7, 11) is 3.31. The van der Waals surface area contributed by atoms with Crippen molar-refractivity contribution < 1.29 is 9.47 Å². The molecule has 1 atom stereocenters. The van der Waals surface area contributed by atoms with Crippen molar-refractivity contribution >= 4 is 10.8 Å². The Balaban J connectivity index is 1.76. The van der Waals surface area contributed by atoms with Gasteiger partial charge in [0.05, 0.1) is 14.2 Å². The summed E-state index contributed by atoms with van der Waals surface area (Å²) >= 11 is 0. The van der Waals surface area contributed by atoms with Gasteiger partial charge in [-0.3, -0.25) is 0 Å². The van der Waals surface area contributed by atoms with Gasteiger partial charge in [-0.05, 0) is 41.0 Å². The number of hydrogen-bond donors (Lipinski definition) is 1. The molecular weight excluding hydrogens is 298 g/mol. The van der Waals surface area contributed by atoms with Crippen LogP contribution in [-0.2, 0) is 6.54 Å². The van der Waals surface area contributed by atoms with Gasteiger partial charge in [0.25, 0.3) is 0 Å². The van der Waals surface area contributed by atoms with Crippen molar-refractivity contribution in [2.24, 2.45) is 0 Å². The number of ether oxygens (including phenoxy) is 2. The largest absolute Gasteiger partial charge is 0.493 e. The van der Waals surface area contributed by atoms with Crippen molar-refractivity contribution in [1.29, 1.82) is 0 Å². The lowest BCUT2D eigenvalue weighted by atomic mass is 9.99. The molecule has 124 valence electrons. The molecule has 0 aliphatic carbocycles. The van der Waals surface area contributed by atoms with Gasteiger partial charge in [-0.1, -0.05) is 48.5 Å². The molecule has 3 rings (SSSR count). The second kappa shape index (κ2) is 7.37. The molecule has 24 heavy (non-hydrogen) atoms. The van der Waals surface area contributed by atoms with Gasteiger partial charge in [-0.2, -0.15) is 0 Å². The van der Waals surface area contributed by atoms with Gasteiger partial charge in [0, 0.05) is 12.6 Å². The lowest BCUT2D eigenvalue weighted by molar-refractivity contribution is 0.354. The first-order valence-corrected chi connectivity index (χ1v) is 8.15. The Morgan fingerprint density at radius 2 is 1.62 bits per heavy atom. The van der Waals surface area contributed by atoms with Crippen LogP contribution < -0.4 is 14.8 Å². The van der Waals surface area contributed by atoms with E-state index < -0.39 is 0 Å². The minimum absolute atomic E-state index is 0.254. The Labute approximate surface area is 143 Å². The number of methoxy groups -OCH3 is 2. The minimum atomic E-state index is 0.254. The van der Waals surface area contributed by atoms with E-state index in [9.17, 15) is 0 Å².